The van der Waals surface area contributed by atoms with Crippen LogP contribution in [0.15, 0.2) is 53.9 Å². The number of hydrogen-bond acceptors (Lipinski definition) is 4. The molecule has 1 amide bonds. The second-order valence-corrected chi connectivity index (χ2v) is 8.11. The number of anilines is 1. The van der Waals surface area contributed by atoms with Crippen molar-refractivity contribution in [2.45, 2.75) is 26.2 Å². The first-order chi connectivity index (χ1) is 13.0. The zero-order valence-electron chi connectivity index (χ0n) is 15.7. The molecule has 1 aliphatic rings. The van der Waals surface area contributed by atoms with Crippen LogP contribution in [0.3, 0.4) is 0 Å². The molecule has 2 atom stereocenters. The number of nitrogens with zero attached hydrogens (tertiary/aromatic N) is 1. The van der Waals surface area contributed by atoms with Crippen molar-refractivity contribution in [3.8, 4) is 5.75 Å². The van der Waals surface area contributed by atoms with E-state index in [0.717, 1.165) is 22.6 Å². The highest BCUT2D eigenvalue weighted by Gasteiger charge is 2.49. The van der Waals surface area contributed by atoms with Gasteiger partial charge in [-0.1, -0.05) is 36.4 Å². The van der Waals surface area contributed by atoms with Crippen LogP contribution in [0.2, 0.25) is 0 Å². The number of aryl methyl sites for hydroxylation is 1. The molecule has 3 aromatic rings. The van der Waals surface area contributed by atoms with Crippen LogP contribution >= 0.6 is 11.3 Å². The van der Waals surface area contributed by atoms with Crippen LogP contribution in [0.25, 0.3) is 0 Å². The number of ether oxygens (including phenoxy) is 1. The van der Waals surface area contributed by atoms with Gasteiger partial charge in [0.05, 0.1) is 18.2 Å². The summed E-state index contributed by atoms with van der Waals surface area (Å²) in [5.74, 6) is 0.778. The van der Waals surface area contributed by atoms with Crippen LogP contribution < -0.4 is 10.1 Å². The summed E-state index contributed by atoms with van der Waals surface area (Å²) in [4.78, 5) is 17.8. The van der Waals surface area contributed by atoms with Gasteiger partial charge in [-0.25, -0.2) is 4.98 Å². The largest absolute Gasteiger partial charge is 0.497 e. The maximum absolute atomic E-state index is 13.4. The van der Waals surface area contributed by atoms with Crippen molar-refractivity contribution in [1.29, 1.82) is 0 Å². The van der Waals surface area contributed by atoms with E-state index in [1.165, 1.54) is 16.9 Å². The Balaban J connectivity index is 1.77. The van der Waals surface area contributed by atoms with E-state index in [1.54, 1.807) is 7.11 Å². The second-order valence-electron chi connectivity index (χ2n) is 7.25. The number of methoxy groups -OCH3 is 1. The van der Waals surface area contributed by atoms with Gasteiger partial charge in [-0.05, 0) is 49.1 Å². The van der Waals surface area contributed by atoms with Gasteiger partial charge in [0.25, 0.3) is 0 Å². The number of carbonyl (C=O) groups is 1. The predicted molar refractivity (Wildman–Crippen MR) is 109 cm³/mol. The van der Waals surface area contributed by atoms with E-state index in [1.807, 2.05) is 43.5 Å². The molecule has 27 heavy (non-hydrogen) atoms. The molecule has 4 nitrogen and oxygen atoms in total. The van der Waals surface area contributed by atoms with Crippen molar-refractivity contribution in [3.05, 3.63) is 76.3 Å². The number of aromatic nitrogens is 1. The molecule has 1 heterocycles. The van der Waals surface area contributed by atoms with Gasteiger partial charge in [-0.15, -0.1) is 11.3 Å². The molecular formula is C22H22N2O2S. The lowest BCUT2D eigenvalue weighted by Crippen LogP contribution is -2.37. The van der Waals surface area contributed by atoms with Crippen molar-refractivity contribution >= 4 is 22.4 Å². The molecule has 1 N–H and O–H groups in total. The van der Waals surface area contributed by atoms with Gasteiger partial charge in [0, 0.05) is 11.3 Å². The molecule has 138 valence electrons. The number of amides is 1. The molecule has 0 saturated carbocycles. The van der Waals surface area contributed by atoms with E-state index in [4.69, 9.17) is 4.74 Å². The first-order valence-electron chi connectivity index (χ1n) is 8.96. The van der Waals surface area contributed by atoms with Crippen molar-refractivity contribution in [2.24, 2.45) is 5.41 Å². The Labute approximate surface area is 163 Å². The molecule has 0 spiro atoms. The van der Waals surface area contributed by atoms with Crippen LogP contribution in [0.5, 0.6) is 5.75 Å². The Morgan fingerprint density at radius 1 is 1.26 bits per heavy atom. The molecular weight excluding hydrogens is 356 g/mol. The van der Waals surface area contributed by atoms with Gasteiger partial charge in [0.15, 0.2) is 5.13 Å². The molecule has 1 aliphatic carbocycles. The van der Waals surface area contributed by atoms with Gasteiger partial charge < -0.3 is 10.1 Å². The fourth-order valence-corrected chi connectivity index (χ4v) is 4.71. The van der Waals surface area contributed by atoms with Crippen molar-refractivity contribution < 1.29 is 9.53 Å². The monoisotopic (exact) mass is 378 g/mol. The topological polar surface area (TPSA) is 51.2 Å². The van der Waals surface area contributed by atoms with Crippen molar-refractivity contribution in [1.82, 2.24) is 4.98 Å². The molecule has 0 fully saturated rings. The number of fused-ring (bicyclic) bond motifs is 1. The summed E-state index contributed by atoms with van der Waals surface area (Å²) in [6.45, 7) is 3.98. The summed E-state index contributed by atoms with van der Waals surface area (Å²) in [6, 6.07) is 16.4. The van der Waals surface area contributed by atoms with Gasteiger partial charge in [-0.2, -0.15) is 0 Å². The smallest absolute Gasteiger partial charge is 0.233 e. The highest BCUT2D eigenvalue weighted by molar-refractivity contribution is 7.13. The summed E-state index contributed by atoms with van der Waals surface area (Å²) in [7, 11) is 1.67. The number of carbonyl (C=O) groups excluding carboxylic acids is 1. The lowest BCUT2D eigenvalue weighted by molar-refractivity contribution is -0.125. The van der Waals surface area contributed by atoms with Gasteiger partial charge in [-0.3, -0.25) is 4.79 Å². The minimum atomic E-state index is -0.602. The van der Waals surface area contributed by atoms with E-state index >= 15 is 0 Å². The summed E-state index contributed by atoms with van der Waals surface area (Å²) < 4.78 is 5.44. The fraction of sp³-hybridized carbons (Fsp3) is 0.273. The summed E-state index contributed by atoms with van der Waals surface area (Å²) >= 11 is 1.46. The molecule has 0 bridgehead atoms. The maximum Gasteiger partial charge on any atom is 0.233 e. The third kappa shape index (κ3) is 3.12. The van der Waals surface area contributed by atoms with Gasteiger partial charge in [0.1, 0.15) is 5.75 Å². The fourth-order valence-electron chi connectivity index (χ4n) is 4.03. The molecule has 5 heteroatoms. The average molecular weight is 378 g/mol. The number of nitrogens with one attached hydrogen (secondary N) is 1. The van der Waals surface area contributed by atoms with Crippen LogP contribution in [0, 0.1) is 12.3 Å². The molecule has 0 aliphatic heterocycles. The Bertz CT molecular complexity index is 983. The lowest BCUT2D eigenvalue weighted by Gasteiger charge is -2.31. The van der Waals surface area contributed by atoms with Crippen LogP contribution in [0.1, 0.15) is 35.2 Å². The normalized spacial score (nSPS) is 20.9. The van der Waals surface area contributed by atoms with Crippen LogP contribution in [0.4, 0.5) is 5.13 Å². The summed E-state index contributed by atoms with van der Waals surface area (Å²) in [6.07, 6.45) is 0.683. The lowest BCUT2D eigenvalue weighted by atomic mass is 9.73. The molecule has 0 saturated heterocycles. The third-order valence-electron chi connectivity index (χ3n) is 5.35. The van der Waals surface area contributed by atoms with E-state index < -0.39 is 5.41 Å². The number of thiazole rings is 1. The Kier molecular flexibility index (Phi) is 4.48. The highest BCUT2D eigenvalue weighted by atomic mass is 32.1. The molecule has 2 unspecified atom stereocenters. The predicted octanol–water partition coefficient (Wildman–Crippen LogP) is 4.79. The van der Waals surface area contributed by atoms with Gasteiger partial charge in [0.2, 0.25) is 5.91 Å². The van der Waals surface area contributed by atoms with Crippen LogP contribution in [-0.4, -0.2) is 18.0 Å². The Morgan fingerprint density at radius 2 is 2.04 bits per heavy atom. The number of hydrogen-bond donors (Lipinski definition) is 1. The van der Waals surface area contributed by atoms with E-state index in [-0.39, 0.29) is 11.8 Å². The van der Waals surface area contributed by atoms with Crippen molar-refractivity contribution in [3.63, 3.8) is 0 Å². The first kappa shape index (κ1) is 17.7. The molecule has 0 radical (unpaired) electrons. The highest BCUT2D eigenvalue weighted by Crippen LogP contribution is 2.52. The standard InChI is InChI=1S/C22H22N2O2S/c1-14-13-27-21(23-14)24-20(25)22(2)12-16-9-10-17(26-3)11-18(16)19(22)15-7-5-4-6-8-15/h4-11,13,19H,12H2,1-3H3,(H,23,24,25). The van der Waals surface area contributed by atoms with Gasteiger partial charge >= 0.3 is 0 Å². The zero-order valence-corrected chi connectivity index (χ0v) is 16.5. The zero-order chi connectivity index (χ0) is 19.0. The first-order valence-corrected chi connectivity index (χ1v) is 9.84. The summed E-state index contributed by atoms with van der Waals surface area (Å²) in [5, 5.41) is 5.64. The minimum Gasteiger partial charge on any atom is -0.497 e. The molecule has 1 aromatic heterocycles. The SMILES string of the molecule is COc1ccc2c(c1)C(c1ccccc1)C(C)(C(=O)Nc1nc(C)cs1)C2. The molecule has 4 rings (SSSR count). The van der Waals surface area contributed by atoms with E-state index in [2.05, 4.69) is 34.6 Å². The number of rotatable bonds is 4. The van der Waals surface area contributed by atoms with E-state index in [9.17, 15) is 4.79 Å². The quantitative estimate of drug-likeness (QED) is 0.710. The Hall–Kier alpha value is -2.66. The van der Waals surface area contributed by atoms with E-state index in [0.29, 0.717) is 11.6 Å². The number of benzene rings is 2. The second kappa shape index (κ2) is 6.82. The average Bonchev–Trinajstić information content (AvgIpc) is 3.22. The summed E-state index contributed by atoms with van der Waals surface area (Å²) in [5.41, 5.74) is 3.80. The third-order valence-corrected chi connectivity index (χ3v) is 6.23. The van der Waals surface area contributed by atoms with Crippen LogP contribution in [-0.2, 0) is 11.2 Å². The van der Waals surface area contributed by atoms with Crippen molar-refractivity contribution in [2.75, 3.05) is 12.4 Å². The minimum absolute atomic E-state index is 0.000805. The maximum atomic E-state index is 13.4. The molecule has 2 aromatic carbocycles. The Morgan fingerprint density at radius 3 is 2.70 bits per heavy atom.